The number of aromatic amines is 1. The van der Waals surface area contributed by atoms with Crippen molar-refractivity contribution in [3.63, 3.8) is 0 Å². The summed E-state index contributed by atoms with van der Waals surface area (Å²) in [6.45, 7) is 4.43. The smallest absolute Gasteiger partial charge is 0.0462 e. The Hall–Kier alpha value is -1.54. The number of benzene rings is 1. The molecule has 0 bridgehead atoms. The number of hydrogen-bond acceptors (Lipinski definition) is 1. The van der Waals surface area contributed by atoms with Crippen molar-refractivity contribution in [2.24, 2.45) is 0 Å². The molecule has 0 radical (unpaired) electrons. The van der Waals surface area contributed by atoms with Crippen LogP contribution in [0.25, 0.3) is 21.3 Å². The van der Waals surface area contributed by atoms with Crippen molar-refractivity contribution in [1.82, 2.24) is 4.98 Å². The summed E-state index contributed by atoms with van der Waals surface area (Å²) in [5.41, 5.74) is 3.84. The monoisotopic (exact) mass is 241 g/mol. The Kier molecular flexibility index (Phi) is 2.52. The maximum atomic E-state index is 3.50. The van der Waals surface area contributed by atoms with E-state index in [0.717, 1.165) is 0 Å². The van der Waals surface area contributed by atoms with E-state index in [1.165, 1.54) is 27.0 Å². The Morgan fingerprint density at radius 1 is 1.12 bits per heavy atom. The van der Waals surface area contributed by atoms with Crippen LogP contribution in [-0.4, -0.2) is 4.98 Å². The zero-order chi connectivity index (χ0) is 11.8. The summed E-state index contributed by atoms with van der Waals surface area (Å²) in [6.07, 6.45) is 0. The molecule has 1 aromatic carbocycles. The molecule has 2 heterocycles. The van der Waals surface area contributed by atoms with Gasteiger partial charge in [-0.2, -0.15) is 0 Å². The van der Waals surface area contributed by atoms with E-state index in [9.17, 15) is 0 Å². The van der Waals surface area contributed by atoms with E-state index < -0.39 is 0 Å². The van der Waals surface area contributed by atoms with E-state index >= 15 is 0 Å². The van der Waals surface area contributed by atoms with Crippen LogP contribution in [0.1, 0.15) is 25.5 Å². The first-order chi connectivity index (χ1) is 8.24. The molecule has 2 heteroatoms. The largest absolute Gasteiger partial charge is 0.358 e. The second kappa shape index (κ2) is 4.04. The van der Waals surface area contributed by atoms with Gasteiger partial charge in [-0.3, -0.25) is 0 Å². The fraction of sp³-hybridized carbons (Fsp3) is 0.200. The van der Waals surface area contributed by atoms with Crippen molar-refractivity contribution >= 4 is 22.2 Å². The zero-order valence-electron chi connectivity index (χ0n) is 10.0. The van der Waals surface area contributed by atoms with Crippen LogP contribution in [0.15, 0.2) is 41.8 Å². The van der Waals surface area contributed by atoms with Crippen LogP contribution in [-0.2, 0) is 0 Å². The minimum atomic E-state index is 0.549. The van der Waals surface area contributed by atoms with Gasteiger partial charge in [-0.05, 0) is 40.4 Å². The van der Waals surface area contributed by atoms with Gasteiger partial charge in [0.25, 0.3) is 0 Å². The molecule has 2 aromatic heterocycles. The summed E-state index contributed by atoms with van der Waals surface area (Å²) in [5.74, 6) is 0.549. The molecule has 3 rings (SSSR count). The highest BCUT2D eigenvalue weighted by atomic mass is 32.1. The van der Waals surface area contributed by atoms with Crippen molar-refractivity contribution < 1.29 is 0 Å². The molecule has 0 aliphatic rings. The Labute approximate surface area is 105 Å². The average Bonchev–Trinajstić information content (AvgIpc) is 2.97. The first-order valence-corrected chi connectivity index (χ1v) is 6.78. The van der Waals surface area contributed by atoms with Crippen LogP contribution in [0.4, 0.5) is 0 Å². The average molecular weight is 241 g/mol. The van der Waals surface area contributed by atoms with Gasteiger partial charge in [-0.25, -0.2) is 0 Å². The molecule has 0 amide bonds. The quantitative estimate of drug-likeness (QED) is 0.648. The Morgan fingerprint density at radius 2 is 2.00 bits per heavy atom. The minimum Gasteiger partial charge on any atom is -0.358 e. The van der Waals surface area contributed by atoms with Crippen LogP contribution in [0.5, 0.6) is 0 Å². The van der Waals surface area contributed by atoms with Crippen molar-refractivity contribution in [3.8, 4) is 10.4 Å². The molecular formula is C15H15NS. The van der Waals surface area contributed by atoms with E-state index in [1.807, 2.05) is 0 Å². The Morgan fingerprint density at radius 3 is 2.71 bits per heavy atom. The molecule has 0 aliphatic heterocycles. The molecular weight excluding hydrogens is 226 g/mol. The summed E-state index contributed by atoms with van der Waals surface area (Å²) < 4.78 is 0. The molecule has 3 aromatic rings. The van der Waals surface area contributed by atoms with Crippen LogP contribution in [0.2, 0.25) is 0 Å². The topological polar surface area (TPSA) is 15.8 Å². The number of H-pyrrole nitrogens is 1. The van der Waals surface area contributed by atoms with Crippen LogP contribution < -0.4 is 0 Å². The van der Waals surface area contributed by atoms with Gasteiger partial charge in [0.2, 0.25) is 0 Å². The fourth-order valence-corrected chi connectivity index (χ4v) is 2.78. The number of thiophene rings is 1. The highest BCUT2D eigenvalue weighted by Gasteiger charge is 2.06. The maximum absolute atomic E-state index is 3.50. The van der Waals surface area contributed by atoms with Crippen LogP contribution >= 0.6 is 11.3 Å². The number of fused-ring (bicyclic) bond motifs is 1. The number of aromatic nitrogens is 1. The van der Waals surface area contributed by atoms with Crippen molar-refractivity contribution in [1.29, 1.82) is 0 Å². The first kappa shape index (κ1) is 10.6. The Balaban J connectivity index is 2.13. The second-order valence-corrected chi connectivity index (χ2v) is 5.61. The van der Waals surface area contributed by atoms with Gasteiger partial charge in [0.15, 0.2) is 0 Å². The van der Waals surface area contributed by atoms with E-state index in [0.29, 0.717) is 5.92 Å². The van der Waals surface area contributed by atoms with E-state index in [2.05, 4.69) is 60.6 Å². The van der Waals surface area contributed by atoms with Gasteiger partial charge < -0.3 is 4.98 Å². The van der Waals surface area contributed by atoms with Gasteiger partial charge in [0.1, 0.15) is 0 Å². The molecule has 0 spiro atoms. The van der Waals surface area contributed by atoms with Crippen LogP contribution in [0.3, 0.4) is 0 Å². The molecule has 86 valence electrons. The summed E-state index contributed by atoms with van der Waals surface area (Å²) >= 11 is 1.78. The Bertz CT molecular complexity index is 632. The van der Waals surface area contributed by atoms with Crippen molar-refractivity contribution in [2.75, 3.05) is 0 Å². The highest BCUT2D eigenvalue weighted by molar-refractivity contribution is 7.13. The lowest BCUT2D eigenvalue weighted by atomic mass is 10.1. The van der Waals surface area contributed by atoms with Gasteiger partial charge in [-0.1, -0.05) is 32.0 Å². The second-order valence-electron chi connectivity index (χ2n) is 4.66. The third-order valence-corrected chi connectivity index (χ3v) is 3.99. The fourth-order valence-electron chi connectivity index (χ4n) is 2.06. The molecule has 1 nitrogen and oxygen atoms in total. The molecule has 0 saturated heterocycles. The predicted octanol–water partition coefficient (Wildman–Crippen LogP) is 5.02. The van der Waals surface area contributed by atoms with Gasteiger partial charge in [0.05, 0.1) is 0 Å². The lowest BCUT2D eigenvalue weighted by Crippen LogP contribution is -1.84. The van der Waals surface area contributed by atoms with Gasteiger partial charge >= 0.3 is 0 Å². The predicted molar refractivity (Wildman–Crippen MR) is 75.7 cm³/mol. The van der Waals surface area contributed by atoms with Crippen LogP contribution in [0, 0.1) is 0 Å². The van der Waals surface area contributed by atoms with E-state index in [4.69, 9.17) is 0 Å². The summed E-state index contributed by atoms with van der Waals surface area (Å²) in [6, 6.07) is 13.2. The summed E-state index contributed by atoms with van der Waals surface area (Å²) in [7, 11) is 0. The summed E-state index contributed by atoms with van der Waals surface area (Å²) in [5, 5.41) is 3.42. The molecule has 0 fully saturated rings. The maximum Gasteiger partial charge on any atom is 0.0462 e. The lowest BCUT2D eigenvalue weighted by molar-refractivity contribution is 0.836. The number of rotatable bonds is 2. The zero-order valence-corrected chi connectivity index (χ0v) is 10.8. The normalized spacial score (nSPS) is 11.5. The van der Waals surface area contributed by atoms with E-state index in [-0.39, 0.29) is 0 Å². The number of hydrogen-bond donors (Lipinski definition) is 1. The molecule has 17 heavy (non-hydrogen) atoms. The molecule has 0 aliphatic carbocycles. The third kappa shape index (κ3) is 1.89. The van der Waals surface area contributed by atoms with Gasteiger partial charge in [0, 0.05) is 16.1 Å². The molecule has 0 saturated carbocycles. The highest BCUT2D eigenvalue weighted by Crippen LogP contribution is 2.29. The van der Waals surface area contributed by atoms with Crippen molar-refractivity contribution in [2.45, 2.75) is 19.8 Å². The van der Waals surface area contributed by atoms with Crippen molar-refractivity contribution in [3.05, 3.63) is 47.5 Å². The first-order valence-electron chi connectivity index (χ1n) is 5.90. The molecule has 0 unspecified atom stereocenters. The molecule has 0 atom stereocenters. The lowest BCUT2D eigenvalue weighted by Gasteiger charge is -1.98. The minimum absolute atomic E-state index is 0.549. The SMILES string of the molecule is CC(C)c1cc2ccc(-c3cccs3)cc2[nH]1. The standard InChI is InChI=1S/C15H15NS/c1-10(2)13-8-11-5-6-12(9-14(11)16-13)15-4-3-7-17-15/h3-10,16H,1-2H3. The van der Waals surface area contributed by atoms with Gasteiger partial charge in [-0.15, -0.1) is 11.3 Å². The number of nitrogens with one attached hydrogen (secondary N) is 1. The summed E-state index contributed by atoms with van der Waals surface area (Å²) in [4.78, 5) is 4.83. The molecule has 1 N–H and O–H groups in total. The third-order valence-electron chi connectivity index (χ3n) is 3.07. The van der Waals surface area contributed by atoms with E-state index in [1.54, 1.807) is 11.3 Å².